The van der Waals surface area contributed by atoms with Gasteiger partial charge in [-0.3, -0.25) is 0 Å². The van der Waals surface area contributed by atoms with E-state index in [1.54, 1.807) is 0 Å². The van der Waals surface area contributed by atoms with Gasteiger partial charge in [-0.2, -0.15) is 0 Å². The normalized spacial score (nSPS) is 12.6. The number of hydrogen-bond acceptors (Lipinski definition) is 5. The summed E-state index contributed by atoms with van der Waals surface area (Å²) in [5, 5.41) is 0. The molecule has 46 heavy (non-hydrogen) atoms. The first-order valence-corrected chi connectivity index (χ1v) is 19.7. The fraction of sp³-hybridized carbons (Fsp3) is 0.854. The van der Waals surface area contributed by atoms with Crippen molar-refractivity contribution in [1.29, 1.82) is 0 Å². The average molecular weight is 648 g/mol. The van der Waals surface area contributed by atoms with Crippen molar-refractivity contribution in [3.05, 3.63) is 24.3 Å². The van der Waals surface area contributed by atoms with E-state index < -0.39 is 0 Å². The van der Waals surface area contributed by atoms with Crippen molar-refractivity contribution >= 4 is 12.6 Å². The van der Waals surface area contributed by atoms with Gasteiger partial charge in [0.25, 0.3) is 0 Å². The van der Waals surface area contributed by atoms with Gasteiger partial charge in [-0.1, -0.05) is 114 Å². The number of ether oxygens (including phenoxy) is 2. The summed E-state index contributed by atoms with van der Waals surface area (Å²) in [7, 11) is 4.23. The smallest absolute Gasteiger partial charge is 0.119 e. The summed E-state index contributed by atoms with van der Waals surface area (Å²) in [5.41, 5.74) is 0. The molecule has 270 valence electrons. The van der Waals surface area contributed by atoms with Crippen LogP contribution in [0.5, 0.6) is 0 Å². The number of aldehydes is 2. The van der Waals surface area contributed by atoms with Crippen LogP contribution in [0.1, 0.15) is 180 Å². The predicted molar refractivity (Wildman–Crippen MR) is 199 cm³/mol. The molecule has 1 unspecified atom stereocenters. The maximum Gasteiger partial charge on any atom is 0.119 e. The Bertz CT molecular complexity index is 663. The fourth-order valence-electron chi connectivity index (χ4n) is 5.78. The van der Waals surface area contributed by atoms with Crippen molar-refractivity contribution in [1.82, 2.24) is 4.90 Å². The van der Waals surface area contributed by atoms with E-state index in [4.69, 9.17) is 9.47 Å². The monoisotopic (exact) mass is 648 g/mol. The van der Waals surface area contributed by atoms with Crippen molar-refractivity contribution in [2.75, 3.05) is 40.5 Å². The van der Waals surface area contributed by atoms with Crippen molar-refractivity contribution in [3.8, 4) is 0 Å². The maximum atomic E-state index is 10.3. The van der Waals surface area contributed by atoms with Crippen LogP contribution in [0.4, 0.5) is 0 Å². The van der Waals surface area contributed by atoms with E-state index in [0.29, 0.717) is 6.61 Å². The molecule has 0 aliphatic carbocycles. The number of carbonyl (C=O) groups is 2. The Balaban J connectivity index is 3.52. The summed E-state index contributed by atoms with van der Waals surface area (Å²) in [6.45, 7) is 3.33. The van der Waals surface area contributed by atoms with Gasteiger partial charge in [-0.15, -0.1) is 0 Å². The average Bonchev–Trinajstić information content (AvgIpc) is 3.04. The van der Waals surface area contributed by atoms with E-state index in [9.17, 15) is 9.59 Å². The summed E-state index contributed by atoms with van der Waals surface area (Å²) in [6, 6.07) is 0. The summed E-state index contributed by atoms with van der Waals surface area (Å²) < 4.78 is 12.2. The second kappa shape index (κ2) is 39.9. The zero-order chi connectivity index (χ0) is 33.4. The summed E-state index contributed by atoms with van der Waals surface area (Å²) in [4.78, 5) is 22.8. The van der Waals surface area contributed by atoms with Gasteiger partial charge >= 0.3 is 0 Å². The van der Waals surface area contributed by atoms with E-state index in [1.807, 2.05) is 0 Å². The molecule has 0 heterocycles. The van der Waals surface area contributed by atoms with Crippen LogP contribution in [0, 0.1) is 0 Å². The molecule has 0 amide bonds. The molecule has 0 rings (SSSR count). The van der Waals surface area contributed by atoms with Crippen LogP contribution >= 0.6 is 0 Å². The van der Waals surface area contributed by atoms with E-state index in [2.05, 4.69) is 43.3 Å². The van der Waals surface area contributed by atoms with Gasteiger partial charge in [0.2, 0.25) is 0 Å². The third-order valence-corrected chi connectivity index (χ3v) is 8.62. The van der Waals surface area contributed by atoms with Crippen LogP contribution in [0.3, 0.4) is 0 Å². The van der Waals surface area contributed by atoms with Crippen LogP contribution in [0.25, 0.3) is 0 Å². The highest BCUT2D eigenvalue weighted by Crippen LogP contribution is 2.12. The van der Waals surface area contributed by atoms with Gasteiger partial charge in [-0.05, 0) is 91.1 Å². The molecular formula is C41H77NO4. The highest BCUT2D eigenvalue weighted by atomic mass is 16.5. The van der Waals surface area contributed by atoms with Crippen molar-refractivity contribution in [2.45, 2.75) is 186 Å². The fourth-order valence-corrected chi connectivity index (χ4v) is 5.78. The number of nitrogens with zero attached hydrogens (tertiary/aromatic N) is 1. The van der Waals surface area contributed by atoms with Gasteiger partial charge in [0.15, 0.2) is 0 Å². The van der Waals surface area contributed by atoms with E-state index >= 15 is 0 Å². The molecule has 0 fully saturated rings. The molecule has 0 aromatic rings. The lowest BCUT2D eigenvalue weighted by Crippen LogP contribution is -2.32. The Hall–Kier alpha value is -1.30. The molecule has 0 bridgehead atoms. The highest BCUT2D eigenvalue weighted by molar-refractivity contribution is 5.49. The van der Waals surface area contributed by atoms with E-state index in [1.165, 1.54) is 141 Å². The summed E-state index contributed by atoms with van der Waals surface area (Å²) in [6.07, 6.45) is 45.7. The molecule has 0 saturated heterocycles. The third kappa shape index (κ3) is 38.9. The van der Waals surface area contributed by atoms with Crippen molar-refractivity contribution < 1.29 is 19.1 Å². The number of likely N-dealkylation sites (N-methyl/N-ethyl adjacent to an activating group) is 1. The SMILES string of the molecule is CN(C)CC(COCCCCCCCCC=CCCCCCCCC=O)OCCCCCCCCC=CCCCCCCCC=O. The van der Waals surface area contributed by atoms with E-state index in [0.717, 1.165) is 70.9 Å². The largest absolute Gasteiger partial charge is 0.379 e. The molecule has 0 saturated carbocycles. The second-order valence-corrected chi connectivity index (χ2v) is 13.6. The number of hydrogen-bond donors (Lipinski definition) is 0. The molecule has 0 aromatic heterocycles. The molecule has 0 aromatic carbocycles. The Labute approximate surface area is 286 Å². The molecule has 5 nitrogen and oxygen atoms in total. The van der Waals surface area contributed by atoms with Crippen LogP contribution in [0.15, 0.2) is 24.3 Å². The molecule has 5 heteroatoms. The van der Waals surface area contributed by atoms with Crippen LogP contribution in [-0.2, 0) is 19.1 Å². The molecule has 1 atom stereocenters. The molecule has 0 aliphatic heterocycles. The lowest BCUT2D eigenvalue weighted by molar-refractivity contribution is -0.108. The Morgan fingerprint density at radius 2 is 0.761 bits per heavy atom. The highest BCUT2D eigenvalue weighted by Gasteiger charge is 2.10. The van der Waals surface area contributed by atoms with Crippen LogP contribution < -0.4 is 0 Å². The van der Waals surface area contributed by atoms with Gasteiger partial charge in [0, 0.05) is 32.6 Å². The maximum absolute atomic E-state index is 10.3. The first kappa shape index (κ1) is 44.7. The minimum Gasteiger partial charge on any atom is -0.379 e. The van der Waals surface area contributed by atoms with Gasteiger partial charge < -0.3 is 24.0 Å². The Kier molecular flexibility index (Phi) is 38.8. The van der Waals surface area contributed by atoms with E-state index in [-0.39, 0.29) is 6.10 Å². The Morgan fingerprint density at radius 3 is 1.13 bits per heavy atom. The zero-order valence-electron chi connectivity index (χ0n) is 30.7. The molecule has 0 spiro atoms. The summed E-state index contributed by atoms with van der Waals surface area (Å²) >= 11 is 0. The first-order chi connectivity index (χ1) is 22.7. The van der Waals surface area contributed by atoms with Crippen LogP contribution in [-0.4, -0.2) is 64.0 Å². The topological polar surface area (TPSA) is 55.8 Å². The zero-order valence-corrected chi connectivity index (χ0v) is 30.7. The molecule has 0 aliphatic rings. The lowest BCUT2D eigenvalue weighted by atomic mass is 10.1. The van der Waals surface area contributed by atoms with Crippen LogP contribution in [0.2, 0.25) is 0 Å². The Morgan fingerprint density at radius 1 is 0.435 bits per heavy atom. The van der Waals surface area contributed by atoms with Gasteiger partial charge in [0.05, 0.1) is 12.7 Å². The second-order valence-electron chi connectivity index (χ2n) is 13.6. The van der Waals surface area contributed by atoms with Gasteiger partial charge in [-0.25, -0.2) is 0 Å². The number of carbonyl (C=O) groups excluding carboxylic acids is 2. The summed E-state index contributed by atoms with van der Waals surface area (Å²) in [5.74, 6) is 0. The number of rotatable bonds is 39. The van der Waals surface area contributed by atoms with Gasteiger partial charge in [0.1, 0.15) is 12.6 Å². The molecule has 0 N–H and O–H groups in total. The molecular weight excluding hydrogens is 570 g/mol. The quantitative estimate of drug-likeness (QED) is 0.0377. The standard InChI is InChI=1S/C41H77NO4/c1-42(2)39-41(46-38-34-30-26-22-18-14-10-6-4-8-12-16-20-24-28-32-36-44)40-45-37-33-29-25-21-17-13-9-5-3-7-11-15-19-23-27-31-35-43/h3-6,35-36,41H,7-34,37-40H2,1-2H3. The predicted octanol–water partition coefficient (Wildman–Crippen LogP) is 11.4. The van der Waals surface area contributed by atoms with Crippen molar-refractivity contribution in [2.24, 2.45) is 0 Å². The number of unbranched alkanes of at least 4 members (excludes halogenated alkanes) is 24. The lowest BCUT2D eigenvalue weighted by Gasteiger charge is -2.21. The third-order valence-electron chi connectivity index (χ3n) is 8.62. The van der Waals surface area contributed by atoms with Crippen molar-refractivity contribution in [3.63, 3.8) is 0 Å². The minimum absolute atomic E-state index is 0.172. The molecule has 0 radical (unpaired) electrons. The minimum atomic E-state index is 0.172. The first-order valence-electron chi connectivity index (χ1n) is 19.7. The number of allylic oxidation sites excluding steroid dienone is 4.